The molecule has 0 radical (unpaired) electrons. The zero-order valence-corrected chi connectivity index (χ0v) is 19.0. The van der Waals surface area contributed by atoms with Crippen LogP contribution in [-0.2, 0) is 24.2 Å². The van der Waals surface area contributed by atoms with Gasteiger partial charge < -0.3 is 5.32 Å². The molecule has 30 heavy (non-hydrogen) atoms. The van der Waals surface area contributed by atoms with Crippen LogP contribution >= 0.6 is 34.7 Å². The molecule has 1 amide bonds. The number of hydrogen-bond donors (Lipinski definition) is 1. The summed E-state index contributed by atoms with van der Waals surface area (Å²) in [6.07, 6.45) is 5.89. The molecule has 1 unspecified atom stereocenters. The Kier molecular flexibility index (Phi) is 6.32. The largest absolute Gasteiger partial charge is 0.324 e. The van der Waals surface area contributed by atoms with Gasteiger partial charge in [-0.2, -0.15) is 0 Å². The maximum atomic E-state index is 13.3. The lowest BCUT2D eigenvalue weighted by atomic mass is 9.97. The molecule has 0 aliphatic heterocycles. The van der Waals surface area contributed by atoms with Gasteiger partial charge in [-0.15, -0.1) is 17.9 Å². The Hall–Kier alpha value is -2.09. The standard InChI is InChI=1S/C22H22ClN3O2S2/c1-3-12-26-21(28)18-14-8-4-7-11-17(14)30-20(18)25-22(26)29-13(2)19(27)24-16-10-6-5-9-15(16)23/h3,5-6,9-10,13H,1,4,7-8,11-12H2,2H3,(H,24,27). The van der Waals surface area contributed by atoms with Crippen LogP contribution in [0.25, 0.3) is 10.2 Å². The lowest BCUT2D eigenvalue weighted by Crippen LogP contribution is -2.27. The van der Waals surface area contributed by atoms with Crippen molar-refractivity contribution < 1.29 is 4.79 Å². The highest BCUT2D eigenvalue weighted by molar-refractivity contribution is 8.00. The second kappa shape index (κ2) is 8.96. The van der Waals surface area contributed by atoms with Gasteiger partial charge in [-0.1, -0.05) is 41.6 Å². The Labute approximate surface area is 188 Å². The zero-order chi connectivity index (χ0) is 21.3. The van der Waals surface area contributed by atoms with Crippen LogP contribution in [0.15, 0.2) is 46.9 Å². The van der Waals surface area contributed by atoms with Crippen molar-refractivity contribution in [1.29, 1.82) is 0 Å². The van der Waals surface area contributed by atoms with Crippen LogP contribution in [0.5, 0.6) is 0 Å². The molecule has 0 spiro atoms. The van der Waals surface area contributed by atoms with Crippen molar-refractivity contribution in [1.82, 2.24) is 9.55 Å². The third kappa shape index (κ3) is 4.06. The molecule has 1 aromatic carbocycles. The number of amides is 1. The van der Waals surface area contributed by atoms with Crippen molar-refractivity contribution in [3.63, 3.8) is 0 Å². The third-order valence-electron chi connectivity index (χ3n) is 5.13. The first-order chi connectivity index (χ1) is 14.5. The van der Waals surface area contributed by atoms with Crippen LogP contribution in [0, 0.1) is 0 Å². The van der Waals surface area contributed by atoms with E-state index in [0.29, 0.717) is 22.4 Å². The monoisotopic (exact) mass is 459 g/mol. The average Bonchev–Trinajstić information content (AvgIpc) is 3.11. The Morgan fingerprint density at radius 2 is 2.17 bits per heavy atom. The SMILES string of the molecule is C=CCn1c(SC(C)C(=O)Nc2ccccc2Cl)nc2sc3c(c2c1=O)CCCC3. The lowest BCUT2D eigenvalue weighted by molar-refractivity contribution is -0.115. The van der Waals surface area contributed by atoms with E-state index in [2.05, 4.69) is 11.9 Å². The molecule has 3 aromatic rings. The first-order valence-electron chi connectivity index (χ1n) is 9.87. The van der Waals surface area contributed by atoms with E-state index >= 15 is 0 Å². The fourth-order valence-electron chi connectivity index (χ4n) is 3.61. The van der Waals surface area contributed by atoms with E-state index in [1.165, 1.54) is 16.6 Å². The minimum absolute atomic E-state index is 0.0412. The summed E-state index contributed by atoms with van der Waals surface area (Å²) in [7, 11) is 0. The molecular formula is C22H22ClN3O2S2. The maximum Gasteiger partial charge on any atom is 0.263 e. The molecule has 1 atom stereocenters. The van der Waals surface area contributed by atoms with E-state index in [-0.39, 0.29) is 11.5 Å². The van der Waals surface area contributed by atoms with Gasteiger partial charge in [-0.25, -0.2) is 4.98 Å². The van der Waals surface area contributed by atoms with Crippen molar-refractivity contribution in [2.24, 2.45) is 0 Å². The number of halogens is 1. The van der Waals surface area contributed by atoms with Crippen LogP contribution in [-0.4, -0.2) is 20.7 Å². The number of benzene rings is 1. The fourth-order valence-corrected chi connectivity index (χ4v) is 6.01. The number of nitrogens with zero attached hydrogens (tertiary/aromatic N) is 2. The Balaban J connectivity index is 1.66. The molecule has 1 N–H and O–H groups in total. The summed E-state index contributed by atoms with van der Waals surface area (Å²) in [5.41, 5.74) is 1.69. The minimum Gasteiger partial charge on any atom is -0.324 e. The Bertz CT molecular complexity index is 1190. The van der Waals surface area contributed by atoms with Gasteiger partial charge in [-0.3, -0.25) is 14.2 Å². The number of allylic oxidation sites excluding steroid dienone is 1. The molecule has 5 nitrogen and oxygen atoms in total. The van der Waals surface area contributed by atoms with Crippen LogP contribution in [0.2, 0.25) is 5.02 Å². The number of aryl methyl sites for hydroxylation is 2. The normalized spacial score (nSPS) is 14.3. The minimum atomic E-state index is -0.462. The zero-order valence-electron chi connectivity index (χ0n) is 16.6. The molecule has 8 heteroatoms. The number of hydrogen-bond acceptors (Lipinski definition) is 5. The van der Waals surface area contributed by atoms with E-state index in [1.807, 2.05) is 12.1 Å². The van der Waals surface area contributed by atoms with Gasteiger partial charge in [0.05, 0.1) is 21.3 Å². The number of carbonyl (C=O) groups excluding carboxylic acids is 1. The fraction of sp³-hybridized carbons (Fsp3) is 0.318. The number of anilines is 1. The molecule has 2 heterocycles. The first-order valence-corrected chi connectivity index (χ1v) is 11.9. The molecule has 0 saturated carbocycles. The molecule has 0 saturated heterocycles. The number of carbonyl (C=O) groups is 1. The number of para-hydroxylation sites is 1. The summed E-state index contributed by atoms with van der Waals surface area (Å²) in [6.45, 7) is 5.94. The summed E-state index contributed by atoms with van der Waals surface area (Å²) in [6, 6.07) is 7.11. The highest BCUT2D eigenvalue weighted by Gasteiger charge is 2.24. The molecule has 4 rings (SSSR count). The summed E-state index contributed by atoms with van der Waals surface area (Å²) < 4.78 is 1.63. The van der Waals surface area contributed by atoms with Crippen molar-refractivity contribution in [3.8, 4) is 0 Å². The van der Waals surface area contributed by atoms with Crippen molar-refractivity contribution >= 4 is 56.5 Å². The average molecular weight is 460 g/mol. The number of thiophene rings is 1. The van der Waals surface area contributed by atoms with E-state index in [4.69, 9.17) is 16.6 Å². The van der Waals surface area contributed by atoms with E-state index < -0.39 is 5.25 Å². The van der Waals surface area contributed by atoms with E-state index in [1.54, 1.807) is 41.0 Å². The molecule has 2 aromatic heterocycles. The number of thioether (sulfide) groups is 1. The predicted octanol–water partition coefficient (Wildman–Crippen LogP) is 5.30. The van der Waals surface area contributed by atoms with Gasteiger partial charge in [0.15, 0.2) is 5.16 Å². The smallest absolute Gasteiger partial charge is 0.263 e. The summed E-state index contributed by atoms with van der Waals surface area (Å²) in [5, 5.41) is 4.15. The number of aromatic nitrogens is 2. The van der Waals surface area contributed by atoms with Gasteiger partial charge in [0, 0.05) is 11.4 Å². The number of nitrogens with one attached hydrogen (secondary N) is 1. The molecule has 0 bridgehead atoms. The quantitative estimate of drug-likeness (QED) is 0.309. The number of fused-ring (bicyclic) bond motifs is 3. The topological polar surface area (TPSA) is 64.0 Å². The lowest BCUT2D eigenvalue weighted by Gasteiger charge is -2.16. The Morgan fingerprint density at radius 3 is 2.93 bits per heavy atom. The van der Waals surface area contributed by atoms with Crippen LogP contribution in [0.4, 0.5) is 5.69 Å². The molecular weight excluding hydrogens is 438 g/mol. The number of rotatable bonds is 6. The van der Waals surface area contributed by atoms with Crippen molar-refractivity contribution in [2.75, 3.05) is 5.32 Å². The van der Waals surface area contributed by atoms with Gasteiger partial charge in [0.25, 0.3) is 5.56 Å². The molecule has 156 valence electrons. The van der Waals surface area contributed by atoms with Crippen molar-refractivity contribution in [2.45, 2.75) is 49.6 Å². The maximum absolute atomic E-state index is 13.3. The molecule has 0 fully saturated rings. The first kappa shape index (κ1) is 21.2. The van der Waals surface area contributed by atoms with Gasteiger partial charge >= 0.3 is 0 Å². The third-order valence-corrected chi connectivity index (χ3v) is 7.74. The summed E-state index contributed by atoms with van der Waals surface area (Å²) >= 11 is 9.03. The summed E-state index contributed by atoms with van der Waals surface area (Å²) in [5.74, 6) is -0.196. The van der Waals surface area contributed by atoms with Crippen molar-refractivity contribution in [3.05, 3.63) is 62.7 Å². The van der Waals surface area contributed by atoms with Crippen LogP contribution in [0.1, 0.15) is 30.2 Å². The van der Waals surface area contributed by atoms with E-state index in [0.717, 1.165) is 41.5 Å². The predicted molar refractivity (Wildman–Crippen MR) is 126 cm³/mol. The molecule has 1 aliphatic carbocycles. The van der Waals surface area contributed by atoms with Gasteiger partial charge in [-0.05, 0) is 50.3 Å². The second-order valence-corrected chi connectivity index (χ2v) is 10.0. The highest BCUT2D eigenvalue weighted by atomic mass is 35.5. The Morgan fingerprint density at radius 1 is 1.40 bits per heavy atom. The molecule has 1 aliphatic rings. The second-order valence-electron chi connectivity index (χ2n) is 7.22. The summed E-state index contributed by atoms with van der Waals surface area (Å²) in [4.78, 5) is 32.9. The van der Waals surface area contributed by atoms with Gasteiger partial charge in [0.1, 0.15) is 4.83 Å². The van der Waals surface area contributed by atoms with E-state index in [9.17, 15) is 9.59 Å². The van der Waals surface area contributed by atoms with Crippen LogP contribution in [0.3, 0.4) is 0 Å². The highest BCUT2D eigenvalue weighted by Crippen LogP contribution is 2.35. The van der Waals surface area contributed by atoms with Gasteiger partial charge in [0.2, 0.25) is 5.91 Å². The van der Waals surface area contributed by atoms with Crippen LogP contribution < -0.4 is 10.9 Å².